The highest BCUT2D eigenvalue weighted by atomic mass is 32.2. The van der Waals surface area contributed by atoms with Crippen LogP contribution in [-0.2, 0) is 4.79 Å². The van der Waals surface area contributed by atoms with Crippen LogP contribution in [0, 0.1) is 23.7 Å². The van der Waals surface area contributed by atoms with E-state index in [9.17, 15) is 4.79 Å². The van der Waals surface area contributed by atoms with Crippen LogP contribution in [0.15, 0.2) is 9.81 Å². The van der Waals surface area contributed by atoms with Gasteiger partial charge < -0.3 is 0 Å². The van der Waals surface area contributed by atoms with E-state index in [1.165, 1.54) is 35.5 Å². The monoisotopic (exact) mass is 254 g/mol. The van der Waals surface area contributed by atoms with Crippen molar-refractivity contribution in [3.63, 3.8) is 0 Å². The highest BCUT2D eigenvalue weighted by Gasteiger charge is 2.56. The van der Waals surface area contributed by atoms with Crippen LogP contribution >= 0.6 is 23.5 Å². The van der Waals surface area contributed by atoms with Crippen LogP contribution in [-0.4, -0.2) is 18.3 Å². The first kappa shape index (κ1) is 11.2. The standard InChI is InChI=1S/C13H18OS2/c1-15-13(16-2)11-9-6-10(12(11)14)8-5-3-4-7(8)9/h7-10H,3-6H2,1-2H3. The molecule has 3 aliphatic rings. The van der Waals surface area contributed by atoms with Crippen molar-refractivity contribution in [1.82, 2.24) is 0 Å². The van der Waals surface area contributed by atoms with E-state index >= 15 is 0 Å². The zero-order valence-electron chi connectivity index (χ0n) is 9.86. The van der Waals surface area contributed by atoms with E-state index < -0.39 is 0 Å². The van der Waals surface area contributed by atoms with Gasteiger partial charge in [0.05, 0.1) is 0 Å². The Hall–Kier alpha value is 0.110. The van der Waals surface area contributed by atoms with Gasteiger partial charge in [-0.05, 0) is 49.5 Å². The van der Waals surface area contributed by atoms with Crippen LogP contribution in [0.25, 0.3) is 0 Å². The first-order valence-corrected chi connectivity index (χ1v) is 8.59. The van der Waals surface area contributed by atoms with Crippen LogP contribution < -0.4 is 0 Å². The average molecular weight is 254 g/mol. The number of hydrogen-bond acceptors (Lipinski definition) is 3. The van der Waals surface area contributed by atoms with Gasteiger partial charge in [0.15, 0.2) is 5.78 Å². The molecule has 0 spiro atoms. The van der Waals surface area contributed by atoms with Crippen molar-refractivity contribution in [1.29, 1.82) is 0 Å². The van der Waals surface area contributed by atoms with Gasteiger partial charge in [0.2, 0.25) is 0 Å². The smallest absolute Gasteiger partial charge is 0.164 e. The van der Waals surface area contributed by atoms with Gasteiger partial charge in [-0.1, -0.05) is 6.42 Å². The Balaban J connectivity index is 1.99. The minimum atomic E-state index is 0.404. The van der Waals surface area contributed by atoms with Gasteiger partial charge in [0.25, 0.3) is 0 Å². The third kappa shape index (κ3) is 1.37. The molecule has 0 aromatic rings. The van der Waals surface area contributed by atoms with Crippen LogP contribution in [0.5, 0.6) is 0 Å². The molecular formula is C13H18OS2. The Morgan fingerprint density at radius 2 is 1.75 bits per heavy atom. The predicted octanol–water partition coefficient (Wildman–Crippen LogP) is 3.56. The highest BCUT2D eigenvalue weighted by molar-refractivity contribution is 8.21. The lowest BCUT2D eigenvalue weighted by Crippen LogP contribution is -2.27. The summed E-state index contributed by atoms with van der Waals surface area (Å²) in [6.45, 7) is 0. The van der Waals surface area contributed by atoms with Gasteiger partial charge >= 0.3 is 0 Å². The van der Waals surface area contributed by atoms with Crippen LogP contribution in [0.1, 0.15) is 25.7 Å². The first-order valence-electron chi connectivity index (χ1n) is 6.14. The summed E-state index contributed by atoms with van der Waals surface area (Å²) in [4.78, 5) is 12.4. The number of carbonyl (C=O) groups excluding carboxylic acids is 1. The van der Waals surface area contributed by atoms with Crippen molar-refractivity contribution in [3.8, 4) is 0 Å². The molecule has 3 rings (SSSR count). The van der Waals surface area contributed by atoms with Crippen LogP contribution in [0.2, 0.25) is 0 Å². The molecule has 3 fully saturated rings. The molecule has 0 heterocycles. The van der Waals surface area contributed by atoms with Gasteiger partial charge in [0.1, 0.15) is 0 Å². The number of allylic oxidation sites excluding steroid dienone is 1. The SMILES string of the molecule is CSC(SC)=C1C(=O)C2CC1C1CCCC21. The van der Waals surface area contributed by atoms with Crippen molar-refractivity contribution in [2.24, 2.45) is 23.7 Å². The van der Waals surface area contributed by atoms with E-state index in [1.54, 1.807) is 23.5 Å². The quantitative estimate of drug-likeness (QED) is 0.701. The molecule has 2 bridgehead atoms. The van der Waals surface area contributed by atoms with Crippen molar-refractivity contribution < 1.29 is 4.79 Å². The molecule has 3 aliphatic carbocycles. The molecule has 1 nitrogen and oxygen atoms in total. The summed E-state index contributed by atoms with van der Waals surface area (Å²) >= 11 is 3.53. The molecule has 88 valence electrons. The lowest BCUT2D eigenvalue weighted by atomic mass is 9.79. The normalized spacial score (nSPS) is 40.6. The van der Waals surface area contributed by atoms with E-state index in [2.05, 4.69) is 12.5 Å². The Kier molecular flexibility index (Phi) is 2.87. The second kappa shape index (κ2) is 4.09. The zero-order valence-corrected chi connectivity index (χ0v) is 11.5. The molecule has 0 radical (unpaired) electrons. The number of hydrogen-bond donors (Lipinski definition) is 0. The minimum Gasteiger partial charge on any atom is -0.294 e. The second-order valence-electron chi connectivity index (χ2n) is 5.18. The van der Waals surface area contributed by atoms with E-state index in [4.69, 9.17) is 0 Å². The Morgan fingerprint density at radius 3 is 2.38 bits per heavy atom. The molecule has 0 aromatic heterocycles. The average Bonchev–Trinajstić information content (AvgIpc) is 2.92. The maximum absolute atomic E-state index is 12.4. The molecule has 0 saturated heterocycles. The number of fused-ring (bicyclic) bond motifs is 5. The fourth-order valence-corrected chi connectivity index (χ4v) is 5.82. The Labute approximate surface area is 106 Å². The third-order valence-corrected chi connectivity index (χ3v) is 6.91. The minimum absolute atomic E-state index is 0.404. The fraction of sp³-hybridized carbons (Fsp3) is 0.769. The van der Waals surface area contributed by atoms with Crippen LogP contribution in [0.3, 0.4) is 0 Å². The summed E-state index contributed by atoms with van der Waals surface area (Å²) in [6.07, 6.45) is 9.43. The predicted molar refractivity (Wildman–Crippen MR) is 71.5 cm³/mol. The lowest BCUT2D eigenvalue weighted by Gasteiger charge is -2.27. The van der Waals surface area contributed by atoms with Gasteiger partial charge in [-0.25, -0.2) is 0 Å². The number of ketones is 1. The van der Waals surface area contributed by atoms with Crippen molar-refractivity contribution >= 4 is 29.3 Å². The Morgan fingerprint density at radius 1 is 1.12 bits per heavy atom. The molecule has 3 saturated carbocycles. The maximum Gasteiger partial charge on any atom is 0.164 e. The number of Topliss-reactive ketones (excluding diaryl/α,β-unsaturated/α-hetero) is 1. The molecule has 0 N–H and O–H groups in total. The summed E-state index contributed by atoms with van der Waals surface area (Å²) in [5.74, 6) is 3.15. The molecule has 16 heavy (non-hydrogen) atoms. The molecule has 4 atom stereocenters. The molecule has 3 heteroatoms. The summed E-state index contributed by atoms with van der Waals surface area (Å²) in [5.41, 5.74) is 1.22. The molecular weight excluding hydrogens is 236 g/mol. The number of carbonyl (C=O) groups is 1. The van der Waals surface area contributed by atoms with E-state index in [-0.39, 0.29) is 0 Å². The van der Waals surface area contributed by atoms with E-state index in [0.29, 0.717) is 17.6 Å². The number of rotatable bonds is 2. The molecule has 0 aromatic carbocycles. The summed E-state index contributed by atoms with van der Waals surface area (Å²) in [6, 6.07) is 0. The summed E-state index contributed by atoms with van der Waals surface area (Å²) in [7, 11) is 0. The van der Waals surface area contributed by atoms with Gasteiger partial charge in [-0.3, -0.25) is 4.79 Å². The zero-order chi connectivity index (χ0) is 11.3. The third-order valence-electron chi connectivity index (χ3n) is 4.73. The second-order valence-corrected chi connectivity index (χ2v) is 7.07. The molecule has 0 amide bonds. The molecule has 4 unspecified atom stereocenters. The summed E-state index contributed by atoms with van der Waals surface area (Å²) in [5, 5.41) is 0. The van der Waals surface area contributed by atoms with Gasteiger partial charge in [0, 0.05) is 15.7 Å². The van der Waals surface area contributed by atoms with Crippen molar-refractivity contribution in [3.05, 3.63) is 9.81 Å². The largest absolute Gasteiger partial charge is 0.294 e. The molecule has 0 aliphatic heterocycles. The Bertz CT molecular complexity index is 355. The highest BCUT2D eigenvalue weighted by Crippen LogP contribution is 2.60. The van der Waals surface area contributed by atoms with E-state index in [1.807, 2.05) is 0 Å². The van der Waals surface area contributed by atoms with Gasteiger partial charge in [-0.15, -0.1) is 23.5 Å². The lowest BCUT2D eigenvalue weighted by molar-refractivity contribution is -0.120. The maximum atomic E-state index is 12.4. The van der Waals surface area contributed by atoms with E-state index in [0.717, 1.165) is 11.8 Å². The van der Waals surface area contributed by atoms with Crippen LogP contribution in [0.4, 0.5) is 0 Å². The van der Waals surface area contributed by atoms with Gasteiger partial charge in [-0.2, -0.15) is 0 Å². The topological polar surface area (TPSA) is 17.1 Å². The number of thioether (sulfide) groups is 2. The fourth-order valence-electron chi connectivity index (χ4n) is 4.21. The summed E-state index contributed by atoms with van der Waals surface area (Å²) < 4.78 is 1.29. The van der Waals surface area contributed by atoms with Crippen molar-refractivity contribution in [2.75, 3.05) is 12.5 Å². The van der Waals surface area contributed by atoms with Crippen molar-refractivity contribution in [2.45, 2.75) is 25.7 Å². The first-order chi connectivity index (χ1) is 7.77.